The van der Waals surface area contributed by atoms with E-state index >= 15 is 0 Å². The third kappa shape index (κ3) is 2.73. The number of benzene rings is 1. The molecule has 0 aliphatic rings. The van der Waals surface area contributed by atoms with Crippen LogP contribution in [0, 0.1) is 13.8 Å². The Balaban J connectivity index is 2.60. The van der Waals surface area contributed by atoms with Crippen LogP contribution < -0.4 is 5.56 Å². The van der Waals surface area contributed by atoms with Crippen LogP contribution in [0.2, 0.25) is 0 Å². The molecule has 0 bridgehead atoms. The molecule has 0 saturated heterocycles. The normalized spacial score (nSPS) is 10.4. The summed E-state index contributed by atoms with van der Waals surface area (Å²) in [6, 6.07) is 9.30. The van der Waals surface area contributed by atoms with E-state index < -0.39 is 5.97 Å². The van der Waals surface area contributed by atoms with Crippen LogP contribution in [0.4, 0.5) is 0 Å². The fourth-order valence-corrected chi connectivity index (χ4v) is 2.04. The third-order valence-corrected chi connectivity index (χ3v) is 3.01. The van der Waals surface area contributed by atoms with Crippen molar-refractivity contribution in [2.75, 3.05) is 0 Å². The van der Waals surface area contributed by atoms with Crippen LogP contribution in [0.5, 0.6) is 0 Å². The molecule has 0 atom stereocenters. The van der Waals surface area contributed by atoms with Gasteiger partial charge >= 0.3 is 5.97 Å². The Kier molecular flexibility index (Phi) is 3.51. The third-order valence-electron chi connectivity index (χ3n) is 3.01. The molecule has 1 heterocycles. The van der Waals surface area contributed by atoms with Crippen molar-refractivity contribution in [3.8, 4) is 11.1 Å². The largest absolute Gasteiger partial charge is 0.480 e. The zero-order valence-electron chi connectivity index (χ0n) is 10.9. The minimum atomic E-state index is -1.03. The van der Waals surface area contributed by atoms with Crippen molar-refractivity contribution in [3.05, 3.63) is 58.0 Å². The molecule has 0 aliphatic heterocycles. The topological polar surface area (TPSA) is 59.3 Å². The van der Waals surface area contributed by atoms with E-state index in [0.717, 1.165) is 16.7 Å². The molecule has 4 heteroatoms. The Hall–Kier alpha value is -2.36. The van der Waals surface area contributed by atoms with Crippen molar-refractivity contribution in [3.63, 3.8) is 0 Å². The van der Waals surface area contributed by atoms with Gasteiger partial charge in [0.25, 0.3) is 5.56 Å². The number of aromatic nitrogens is 1. The number of aryl methyl sites for hydroxylation is 2. The van der Waals surface area contributed by atoms with Crippen LogP contribution in [0.1, 0.15) is 11.1 Å². The lowest BCUT2D eigenvalue weighted by atomic mass is 9.99. The molecule has 2 aromatic rings. The van der Waals surface area contributed by atoms with Gasteiger partial charge in [-0.3, -0.25) is 9.59 Å². The molecular formula is C15H15NO3. The highest BCUT2D eigenvalue weighted by atomic mass is 16.4. The van der Waals surface area contributed by atoms with E-state index in [1.807, 2.05) is 32.0 Å². The van der Waals surface area contributed by atoms with Crippen molar-refractivity contribution >= 4 is 5.97 Å². The van der Waals surface area contributed by atoms with Gasteiger partial charge < -0.3 is 9.67 Å². The van der Waals surface area contributed by atoms with Gasteiger partial charge in [-0.15, -0.1) is 0 Å². The number of rotatable bonds is 3. The number of nitrogens with zero attached hydrogens (tertiary/aromatic N) is 1. The number of aliphatic carboxylic acids is 1. The molecule has 0 saturated carbocycles. The summed E-state index contributed by atoms with van der Waals surface area (Å²) in [4.78, 5) is 23.0. The number of carboxylic acids is 1. The number of hydrogen-bond donors (Lipinski definition) is 1. The van der Waals surface area contributed by atoms with E-state index in [2.05, 4.69) is 0 Å². The maximum atomic E-state index is 12.3. The van der Waals surface area contributed by atoms with E-state index in [0.29, 0.717) is 5.56 Å². The van der Waals surface area contributed by atoms with Gasteiger partial charge in [0.05, 0.1) is 0 Å². The number of carboxylic acid groups (broad SMARTS) is 1. The van der Waals surface area contributed by atoms with Crippen LogP contribution in [0.15, 0.2) is 41.3 Å². The molecule has 0 radical (unpaired) electrons. The lowest BCUT2D eigenvalue weighted by Crippen LogP contribution is -2.24. The van der Waals surface area contributed by atoms with Gasteiger partial charge in [0, 0.05) is 11.8 Å². The Morgan fingerprint density at radius 2 is 1.95 bits per heavy atom. The fourth-order valence-electron chi connectivity index (χ4n) is 2.04. The fraction of sp³-hybridized carbons (Fsp3) is 0.200. The molecule has 19 heavy (non-hydrogen) atoms. The quantitative estimate of drug-likeness (QED) is 0.917. The van der Waals surface area contributed by atoms with E-state index in [4.69, 9.17) is 5.11 Å². The van der Waals surface area contributed by atoms with Gasteiger partial charge in [-0.25, -0.2) is 0 Å². The van der Waals surface area contributed by atoms with E-state index in [-0.39, 0.29) is 12.1 Å². The maximum Gasteiger partial charge on any atom is 0.323 e. The van der Waals surface area contributed by atoms with Gasteiger partial charge in [0.1, 0.15) is 6.54 Å². The molecule has 1 N–H and O–H groups in total. The summed E-state index contributed by atoms with van der Waals surface area (Å²) in [7, 11) is 0. The molecule has 0 aliphatic carbocycles. The average molecular weight is 257 g/mol. The standard InChI is InChI=1S/C15H15NO3/c1-10-5-6-11(2)13(8-10)12-4-3-7-16(15(12)19)9-14(17)18/h3-8H,9H2,1-2H3,(H,17,18). The van der Waals surface area contributed by atoms with Crippen molar-refractivity contribution in [1.82, 2.24) is 4.57 Å². The maximum absolute atomic E-state index is 12.3. The summed E-state index contributed by atoms with van der Waals surface area (Å²) in [6.45, 7) is 3.57. The highest BCUT2D eigenvalue weighted by Gasteiger charge is 2.10. The molecule has 2 rings (SSSR count). The second-order valence-corrected chi connectivity index (χ2v) is 4.57. The molecular weight excluding hydrogens is 242 g/mol. The SMILES string of the molecule is Cc1ccc(C)c(-c2cccn(CC(=O)O)c2=O)c1. The molecule has 0 fully saturated rings. The first-order valence-electron chi connectivity index (χ1n) is 5.98. The van der Waals surface area contributed by atoms with Crippen molar-refractivity contribution in [2.45, 2.75) is 20.4 Å². The summed E-state index contributed by atoms with van der Waals surface area (Å²) in [5, 5.41) is 8.79. The summed E-state index contributed by atoms with van der Waals surface area (Å²) < 4.78 is 1.21. The van der Waals surface area contributed by atoms with Gasteiger partial charge in [-0.1, -0.05) is 23.8 Å². The van der Waals surface area contributed by atoms with E-state index in [1.165, 1.54) is 10.8 Å². The van der Waals surface area contributed by atoms with Gasteiger partial charge in [-0.05, 0) is 37.1 Å². The summed E-state index contributed by atoms with van der Waals surface area (Å²) >= 11 is 0. The molecule has 4 nitrogen and oxygen atoms in total. The lowest BCUT2D eigenvalue weighted by Gasteiger charge is -2.09. The van der Waals surface area contributed by atoms with Crippen molar-refractivity contribution in [1.29, 1.82) is 0 Å². The van der Waals surface area contributed by atoms with Crippen LogP contribution >= 0.6 is 0 Å². The Bertz CT molecular complexity index is 686. The van der Waals surface area contributed by atoms with Gasteiger partial charge in [0.2, 0.25) is 0 Å². The molecule has 0 unspecified atom stereocenters. The first-order valence-corrected chi connectivity index (χ1v) is 5.98. The number of carbonyl (C=O) groups is 1. The molecule has 0 spiro atoms. The monoisotopic (exact) mass is 257 g/mol. The second kappa shape index (κ2) is 5.10. The Labute approximate surface area is 110 Å². The zero-order chi connectivity index (χ0) is 14.0. The number of hydrogen-bond acceptors (Lipinski definition) is 2. The predicted octanol–water partition coefficient (Wildman–Crippen LogP) is 2.22. The Morgan fingerprint density at radius 1 is 1.21 bits per heavy atom. The van der Waals surface area contributed by atoms with E-state index in [9.17, 15) is 9.59 Å². The highest BCUT2D eigenvalue weighted by Crippen LogP contribution is 2.21. The zero-order valence-corrected chi connectivity index (χ0v) is 10.9. The Morgan fingerprint density at radius 3 is 2.63 bits per heavy atom. The van der Waals surface area contributed by atoms with Crippen molar-refractivity contribution < 1.29 is 9.90 Å². The van der Waals surface area contributed by atoms with Crippen LogP contribution in [-0.4, -0.2) is 15.6 Å². The molecule has 0 amide bonds. The summed E-state index contributed by atoms with van der Waals surface area (Å²) in [5.41, 5.74) is 3.16. The van der Waals surface area contributed by atoms with Crippen LogP contribution in [0.3, 0.4) is 0 Å². The average Bonchev–Trinajstić information content (AvgIpc) is 2.35. The van der Waals surface area contributed by atoms with Crippen molar-refractivity contribution in [2.24, 2.45) is 0 Å². The van der Waals surface area contributed by atoms with E-state index in [1.54, 1.807) is 12.1 Å². The number of pyridine rings is 1. The minimum Gasteiger partial charge on any atom is -0.480 e. The summed E-state index contributed by atoms with van der Waals surface area (Å²) in [5.74, 6) is -1.03. The molecule has 1 aromatic carbocycles. The molecule has 98 valence electrons. The van der Waals surface area contributed by atoms with Gasteiger partial charge in [-0.2, -0.15) is 0 Å². The smallest absolute Gasteiger partial charge is 0.323 e. The first-order chi connectivity index (χ1) is 8.99. The van der Waals surface area contributed by atoms with Gasteiger partial charge in [0.15, 0.2) is 0 Å². The van der Waals surface area contributed by atoms with Crippen LogP contribution in [-0.2, 0) is 11.3 Å². The first kappa shape index (κ1) is 13.1. The highest BCUT2D eigenvalue weighted by molar-refractivity contribution is 5.69. The lowest BCUT2D eigenvalue weighted by molar-refractivity contribution is -0.137. The second-order valence-electron chi connectivity index (χ2n) is 4.57. The summed E-state index contributed by atoms with van der Waals surface area (Å²) in [6.07, 6.45) is 1.49. The van der Waals surface area contributed by atoms with Crippen LogP contribution in [0.25, 0.3) is 11.1 Å². The minimum absolute atomic E-state index is 0.279. The molecule has 1 aromatic heterocycles. The predicted molar refractivity (Wildman–Crippen MR) is 73.2 cm³/mol.